The van der Waals surface area contributed by atoms with Crippen molar-refractivity contribution < 1.29 is 0 Å². The molecular weight excluding hydrogens is 208 g/mol. The number of hydrogen-bond acceptors (Lipinski definition) is 1. The molecule has 0 saturated carbocycles. The number of hydrogen-bond donors (Lipinski definition) is 1. The summed E-state index contributed by atoms with van der Waals surface area (Å²) >= 11 is 0. The van der Waals surface area contributed by atoms with E-state index in [9.17, 15) is 0 Å². The van der Waals surface area contributed by atoms with Crippen molar-refractivity contribution in [2.24, 2.45) is 0 Å². The van der Waals surface area contributed by atoms with E-state index in [1.165, 1.54) is 16.5 Å². The number of para-hydroxylation sites is 1. The smallest absolute Gasteiger partial charge is 0.0574 e. The standard InChI is InChI=1S/C15H18N2/c1-4-9-16-10-13(3)17-11-12(2)14-7-5-6-8-15(14)17/h1,5-8,11,13,16H,9-10H2,2-3H3. The van der Waals surface area contributed by atoms with Gasteiger partial charge in [-0.05, 0) is 25.5 Å². The molecule has 1 aromatic heterocycles. The Morgan fingerprint density at radius 2 is 2.18 bits per heavy atom. The molecular formula is C15H18N2. The lowest BCUT2D eigenvalue weighted by molar-refractivity contribution is 0.523. The molecule has 17 heavy (non-hydrogen) atoms. The number of benzene rings is 1. The molecule has 1 atom stereocenters. The Kier molecular flexibility index (Phi) is 3.51. The van der Waals surface area contributed by atoms with Crippen molar-refractivity contribution in [2.45, 2.75) is 19.9 Å². The summed E-state index contributed by atoms with van der Waals surface area (Å²) in [5, 5.41) is 4.58. The fourth-order valence-electron chi connectivity index (χ4n) is 2.20. The molecule has 0 saturated heterocycles. The normalized spacial score (nSPS) is 12.5. The summed E-state index contributed by atoms with van der Waals surface area (Å²) in [5.74, 6) is 2.60. The molecule has 1 aromatic carbocycles. The van der Waals surface area contributed by atoms with Gasteiger partial charge in [-0.3, -0.25) is 0 Å². The predicted octanol–water partition coefficient (Wildman–Crippen LogP) is 2.73. The van der Waals surface area contributed by atoms with E-state index in [-0.39, 0.29) is 0 Å². The van der Waals surface area contributed by atoms with Gasteiger partial charge >= 0.3 is 0 Å². The van der Waals surface area contributed by atoms with E-state index in [1.54, 1.807) is 0 Å². The highest BCUT2D eigenvalue weighted by atomic mass is 15.0. The zero-order valence-electron chi connectivity index (χ0n) is 10.4. The summed E-state index contributed by atoms with van der Waals surface area (Å²) in [6.45, 7) is 5.88. The van der Waals surface area contributed by atoms with Crippen LogP contribution in [0.25, 0.3) is 10.9 Å². The molecule has 2 aromatic rings. The summed E-state index contributed by atoms with van der Waals surface area (Å²) in [7, 11) is 0. The second kappa shape index (κ2) is 5.07. The molecule has 2 rings (SSSR count). The van der Waals surface area contributed by atoms with Crippen molar-refractivity contribution in [3.8, 4) is 12.3 Å². The summed E-state index contributed by atoms with van der Waals surface area (Å²) in [6, 6.07) is 8.91. The topological polar surface area (TPSA) is 17.0 Å². The lowest BCUT2D eigenvalue weighted by Crippen LogP contribution is -2.23. The highest BCUT2D eigenvalue weighted by Gasteiger charge is 2.09. The summed E-state index contributed by atoms with van der Waals surface area (Å²) in [6.07, 6.45) is 7.44. The Labute approximate surface area is 103 Å². The van der Waals surface area contributed by atoms with Crippen LogP contribution in [0.15, 0.2) is 30.5 Å². The van der Waals surface area contributed by atoms with Crippen molar-refractivity contribution in [1.82, 2.24) is 9.88 Å². The van der Waals surface area contributed by atoms with Gasteiger partial charge in [-0.1, -0.05) is 24.1 Å². The fourth-order valence-corrected chi connectivity index (χ4v) is 2.20. The molecule has 0 aliphatic carbocycles. The van der Waals surface area contributed by atoms with Crippen LogP contribution in [0, 0.1) is 19.3 Å². The Hall–Kier alpha value is -1.72. The van der Waals surface area contributed by atoms with Crippen molar-refractivity contribution in [3.63, 3.8) is 0 Å². The Morgan fingerprint density at radius 1 is 1.41 bits per heavy atom. The molecule has 0 spiro atoms. The van der Waals surface area contributed by atoms with E-state index in [0.29, 0.717) is 12.6 Å². The molecule has 0 bridgehead atoms. The van der Waals surface area contributed by atoms with Gasteiger partial charge in [-0.2, -0.15) is 0 Å². The van der Waals surface area contributed by atoms with Gasteiger partial charge in [0.15, 0.2) is 0 Å². The first kappa shape index (κ1) is 11.8. The molecule has 1 unspecified atom stereocenters. The van der Waals surface area contributed by atoms with Crippen LogP contribution in [0.3, 0.4) is 0 Å². The zero-order valence-corrected chi connectivity index (χ0v) is 10.4. The van der Waals surface area contributed by atoms with E-state index in [4.69, 9.17) is 6.42 Å². The van der Waals surface area contributed by atoms with Crippen LogP contribution in [-0.4, -0.2) is 17.7 Å². The Bertz CT molecular complexity index is 546. The maximum Gasteiger partial charge on any atom is 0.0574 e. The van der Waals surface area contributed by atoms with Crippen LogP contribution in [0.4, 0.5) is 0 Å². The number of nitrogens with one attached hydrogen (secondary N) is 1. The molecule has 0 radical (unpaired) electrons. The second-order valence-electron chi connectivity index (χ2n) is 4.42. The Morgan fingerprint density at radius 3 is 2.94 bits per heavy atom. The number of aryl methyl sites for hydroxylation is 1. The first-order valence-electron chi connectivity index (χ1n) is 5.94. The lowest BCUT2D eigenvalue weighted by atomic mass is 10.2. The minimum Gasteiger partial charge on any atom is -0.343 e. The van der Waals surface area contributed by atoms with Crippen LogP contribution in [0.2, 0.25) is 0 Å². The molecule has 1 N–H and O–H groups in total. The summed E-state index contributed by atoms with van der Waals surface area (Å²) < 4.78 is 2.31. The lowest BCUT2D eigenvalue weighted by Gasteiger charge is -2.15. The van der Waals surface area contributed by atoms with Crippen LogP contribution < -0.4 is 5.32 Å². The predicted molar refractivity (Wildman–Crippen MR) is 73.1 cm³/mol. The van der Waals surface area contributed by atoms with Gasteiger partial charge in [0, 0.05) is 29.7 Å². The molecule has 0 amide bonds. The van der Waals surface area contributed by atoms with Crippen LogP contribution in [0.5, 0.6) is 0 Å². The van der Waals surface area contributed by atoms with Crippen molar-refractivity contribution in [3.05, 3.63) is 36.0 Å². The monoisotopic (exact) mass is 226 g/mol. The SMILES string of the molecule is C#CCNCC(C)n1cc(C)c2ccccc21. The van der Waals surface area contributed by atoms with E-state index < -0.39 is 0 Å². The van der Waals surface area contributed by atoms with E-state index >= 15 is 0 Å². The van der Waals surface area contributed by atoms with Gasteiger partial charge < -0.3 is 9.88 Å². The quantitative estimate of drug-likeness (QED) is 0.626. The minimum absolute atomic E-state index is 0.405. The number of aromatic nitrogens is 1. The maximum absolute atomic E-state index is 5.23. The molecule has 0 fully saturated rings. The van der Waals surface area contributed by atoms with Gasteiger partial charge in [0.2, 0.25) is 0 Å². The Balaban J connectivity index is 2.26. The molecule has 1 heterocycles. The third kappa shape index (κ3) is 2.35. The van der Waals surface area contributed by atoms with Gasteiger partial charge in [-0.25, -0.2) is 0 Å². The summed E-state index contributed by atoms with van der Waals surface area (Å²) in [5.41, 5.74) is 2.62. The van der Waals surface area contributed by atoms with Gasteiger partial charge in [0.05, 0.1) is 6.54 Å². The first-order chi connectivity index (χ1) is 8.24. The summed E-state index contributed by atoms with van der Waals surface area (Å²) in [4.78, 5) is 0. The van der Waals surface area contributed by atoms with Gasteiger partial charge in [-0.15, -0.1) is 6.42 Å². The van der Waals surface area contributed by atoms with Crippen molar-refractivity contribution in [2.75, 3.05) is 13.1 Å². The number of fused-ring (bicyclic) bond motifs is 1. The largest absolute Gasteiger partial charge is 0.343 e. The highest BCUT2D eigenvalue weighted by Crippen LogP contribution is 2.23. The third-order valence-corrected chi connectivity index (χ3v) is 3.08. The maximum atomic E-state index is 5.23. The number of terminal acetylenes is 1. The van der Waals surface area contributed by atoms with Crippen LogP contribution in [-0.2, 0) is 0 Å². The van der Waals surface area contributed by atoms with E-state index in [2.05, 4.69) is 60.1 Å². The number of nitrogens with zero attached hydrogens (tertiary/aromatic N) is 1. The third-order valence-electron chi connectivity index (χ3n) is 3.08. The minimum atomic E-state index is 0.405. The van der Waals surface area contributed by atoms with Crippen molar-refractivity contribution in [1.29, 1.82) is 0 Å². The average molecular weight is 226 g/mol. The molecule has 2 heteroatoms. The van der Waals surface area contributed by atoms with Crippen molar-refractivity contribution >= 4 is 10.9 Å². The fraction of sp³-hybridized carbons (Fsp3) is 0.333. The second-order valence-corrected chi connectivity index (χ2v) is 4.42. The van der Waals surface area contributed by atoms with E-state index in [1.807, 2.05) is 0 Å². The van der Waals surface area contributed by atoms with Crippen LogP contribution in [0.1, 0.15) is 18.5 Å². The number of rotatable bonds is 4. The zero-order chi connectivity index (χ0) is 12.3. The molecule has 2 nitrogen and oxygen atoms in total. The molecule has 0 aliphatic heterocycles. The highest BCUT2D eigenvalue weighted by molar-refractivity contribution is 5.83. The molecule has 88 valence electrons. The van der Waals surface area contributed by atoms with Gasteiger partial charge in [0.1, 0.15) is 0 Å². The van der Waals surface area contributed by atoms with E-state index in [0.717, 1.165) is 6.54 Å². The van der Waals surface area contributed by atoms with Crippen LogP contribution >= 0.6 is 0 Å². The average Bonchev–Trinajstić information content (AvgIpc) is 2.68. The van der Waals surface area contributed by atoms with Gasteiger partial charge in [0.25, 0.3) is 0 Å². The first-order valence-corrected chi connectivity index (χ1v) is 5.94. The molecule has 0 aliphatic rings.